The molecule has 8 nitrogen and oxygen atoms in total. The van der Waals surface area contributed by atoms with E-state index in [9.17, 15) is 4.79 Å². The second-order valence-corrected chi connectivity index (χ2v) is 19.1. The summed E-state index contributed by atoms with van der Waals surface area (Å²) in [7, 11) is -6.15. The summed E-state index contributed by atoms with van der Waals surface area (Å²) >= 11 is 0. The van der Waals surface area contributed by atoms with Crippen LogP contribution in [0, 0.1) is 0 Å². The Hall–Kier alpha value is -1.19. The molecule has 3 rings (SSSR count). The fraction of sp³-hybridized carbons (Fsp3) is 0.810. The van der Waals surface area contributed by atoms with E-state index in [0.717, 1.165) is 4.57 Å². The third kappa shape index (κ3) is 4.34. The molecule has 1 unspecified atom stereocenters. The summed E-state index contributed by atoms with van der Waals surface area (Å²) in [5, 5.41) is 0. The molecule has 1 aromatic rings. The number of rotatable bonds is 5. The van der Waals surface area contributed by atoms with Crippen molar-refractivity contribution in [3.05, 3.63) is 22.7 Å². The van der Waals surface area contributed by atoms with Crippen LogP contribution in [0.15, 0.2) is 17.1 Å². The highest BCUT2D eigenvalue weighted by atomic mass is 28.5. The van der Waals surface area contributed by atoms with E-state index in [1.165, 1.54) is 12.3 Å². The zero-order chi connectivity index (χ0) is 24.9. The molecule has 1 aromatic heterocycles. The number of nitrogens with two attached hydrogens (primary N) is 1. The van der Waals surface area contributed by atoms with E-state index in [-0.39, 0.29) is 34.6 Å². The van der Waals surface area contributed by atoms with Gasteiger partial charge in [-0.05, 0) is 28.2 Å². The van der Waals surface area contributed by atoms with Crippen molar-refractivity contribution in [3.8, 4) is 0 Å². The fourth-order valence-corrected chi connectivity index (χ4v) is 16.2. The van der Waals surface area contributed by atoms with Crippen molar-refractivity contribution < 1.29 is 26.5 Å². The van der Waals surface area contributed by atoms with Crippen LogP contribution in [0.2, 0.25) is 22.2 Å². The van der Waals surface area contributed by atoms with Gasteiger partial charge in [-0.25, -0.2) is 4.79 Å². The van der Waals surface area contributed by atoms with Crippen molar-refractivity contribution in [2.24, 2.45) is 0 Å². The van der Waals surface area contributed by atoms with E-state index >= 15 is 8.78 Å². The maximum absolute atomic E-state index is 15.9. The van der Waals surface area contributed by atoms with Gasteiger partial charge in [-0.15, -0.1) is 0 Å². The molecule has 33 heavy (non-hydrogen) atoms. The van der Waals surface area contributed by atoms with Gasteiger partial charge in [-0.1, -0.05) is 55.4 Å². The summed E-state index contributed by atoms with van der Waals surface area (Å²) in [6.45, 7) is 16.0. The van der Waals surface area contributed by atoms with Gasteiger partial charge in [0.15, 0.2) is 0 Å². The summed E-state index contributed by atoms with van der Waals surface area (Å²) in [6, 6.07) is 1.29. The number of ether oxygens (including phenoxy) is 1. The van der Waals surface area contributed by atoms with Gasteiger partial charge in [0.2, 0.25) is 6.23 Å². The number of fused-ring (bicyclic) bond motifs is 1. The molecule has 2 fully saturated rings. The van der Waals surface area contributed by atoms with Crippen LogP contribution < -0.4 is 11.4 Å². The Balaban J connectivity index is 2.13. The Kier molecular flexibility index (Phi) is 7.30. The molecule has 2 aliphatic heterocycles. The molecule has 0 amide bonds. The third-order valence-corrected chi connectivity index (χ3v) is 17.0. The lowest BCUT2D eigenvalue weighted by Gasteiger charge is -2.51. The number of nitrogen functional groups attached to an aromatic ring is 1. The monoisotopic (exact) mass is 505 g/mol. The molecule has 3 atom stereocenters. The largest absolute Gasteiger partial charge is 0.414 e. The molecular formula is C21H37F2N3O5Si2. The quantitative estimate of drug-likeness (QED) is 0.595. The summed E-state index contributed by atoms with van der Waals surface area (Å²) in [4.78, 5) is 15.9. The van der Waals surface area contributed by atoms with Crippen molar-refractivity contribution >= 4 is 22.9 Å². The molecule has 0 bridgehead atoms. The average Bonchev–Trinajstić information content (AvgIpc) is 2.90. The number of halogens is 2. The molecule has 0 aromatic carbocycles. The molecule has 0 radical (unpaired) electrons. The van der Waals surface area contributed by atoms with Crippen LogP contribution in [0.25, 0.3) is 0 Å². The highest BCUT2D eigenvalue weighted by molar-refractivity contribution is 6.84. The highest BCUT2D eigenvalue weighted by Gasteiger charge is 2.67. The van der Waals surface area contributed by atoms with Crippen molar-refractivity contribution in [3.63, 3.8) is 0 Å². The van der Waals surface area contributed by atoms with Crippen LogP contribution >= 0.6 is 0 Å². The Morgan fingerprint density at radius 1 is 1.06 bits per heavy atom. The summed E-state index contributed by atoms with van der Waals surface area (Å²) in [5.74, 6) is -3.56. The highest BCUT2D eigenvalue weighted by Crippen LogP contribution is 2.52. The van der Waals surface area contributed by atoms with E-state index in [4.69, 9.17) is 23.4 Å². The first-order chi connectivity index (χ1) is 15.2. The molecule has 2 aliphatic rings. The smallest absolute Gasteiger partial charge is 0.351 e. The van der Waals surface area contributed by atoms with Crippen LogP contribution in [-0.2, 0) is 17.7 Å². The minimum Gasteiger partial charge on any atom is -0.414 e. The van der Waals surface area contributed by atoms with Crippen LogP contribution in [-0.4, -0.2) is 51.4 Å². The third-order valence-electron chi connectivity index (χ3n) is 6.78. The molecule has 12 heteroatoms. The number of anilines is 1. The minimum atomic E-state index is -3.52. The van der Waals surface area contributed by atoms with E-state index in [1.54, 1.807) is 0 Å². The molecule has 2 N–H and O–H groups in total. The number of nitrogens with zero attached hydrogens (tertiary/aromatic N) is 2. The van der Waals surface area contributed by atoms with Crippen molar-refractivity contribution in [2.75, 3.05) is 12.3 Å². The van der Waals surface area contributed by atoms with E-state index in [0.29, 0.717) is 0 Å². The second kappa shape index (κ2) is 9.12. The summed E-state index contributed by atoms with van der Waals surface area (Å²) in [5.41, 5.74) is 4.55. The summed E-state index contributed by atoms with van der Waals surface area (Å²) < 4.78 is 58.2. The van der Waals surface area contributed by atoms with Gasteiger partial charge in [0.05, 0.1) is 6.61 Å². The number of hydrogen-bond donors (Lipinski definition) is 1. The van der Waals surface area contributed by atoms with Crippen LogP contribution in [0.1, 0.15) is 61.6 Å². The van der Waals surface area contributed by atoms with Crippen molar-refractivity contribution in [2.45, 2.75) is 102 Å². The maximum atomic E-state index is 15.9. The standard InChI is InChI=1S/C21H37F2N3O5Si2/c1-12(2)32(13(3)4)28-11-16-18(30-33(31-32,14(5)6)15(7)8)21(22,23)19(29-16)26-10-9-17(24)25-20(26)27/h9-10,12-16,18-19H,11H2,1-8H3,(H2,24,25,27)/t16-,18-,19?/m1/s1. The zero-order valence-corrected chi connectivity index (χ0v) is 22.7. The van der Waals surface area contributed by atoms with Crippen LogP contribution in [0.5, 0.6) is 0 Å². The van der Waals surface area contributed by atoms with Gasteiger partial charge >= 0.3 is 28.7 Å². The average molecular weight is 506 g/mol. The first kappa shape index (κ1) is 26.4. The molecule has 188 valence electrons. The molecule has 0 spiro atoms. The van der Waals surface area contributed by atoms with Gasteiger partial charge in [-0.3, -0.25) is 4.57 Å². The van der Waals surface area contributed by atoms with Gasteiger partial charge in [0.25, 0.3) is 0 Å². The van der Waals surface area contributed by atoms with Crippen LogP contribution in [0.3, 0.4) is 0 Å². The molecule has 2 saturated heterocycles. The fourth-order valence-electron chi connectivity index (χ4n) is 4.98. The van der Waals surface area contributed by atoms with Crippen molar-refractivity contribution in [1.29, 1.82) is 0 Å². The molecule has 3 heterocycles. The van der Waals surface area contributed by atoms with Crippen molar-refractivity contribution in [1.82, 2.24) is 9.55 Å². The van der Waals surface area contributed by atoms with Crippen LogP contribution in [0.4, 0.5) is 14.6 Å². The van der Waals surface area contributed by atoms with Gasteiger partial charge in [-0.2, -0.15) is 13.8 Å². The number of hydrogen-bond acceptors (Lipinski definition) is 7. The number of aromatic nitrogens is 2. The van der Waals surface area contributed by atoms with E-state index in [2.05, 4.69) is 32.7 Å². The van der Waals surface area contributed by atoms with E-state index in [1.807, 2.05) is 27.7 Å². The summed E-state index contributed by atoms with van der Waals surface area (Å²) in [6.07, 6.45) is -3.38. The first-order valence-corrected chi connectivity index (χ1v) is 15.5. The Morgan fingerprint density at radius 2 is 1.61 bits per heavy atom. The SMILES string of the molecule is CC(C)[Si]1(C(C)C)OC[C@H]2OC(n3ccc(N)nc3=O)C(F)(F)[C@@H]2O[Si](C(C)C)(C(C)C)O1. The van der Waals surface area contributed by atoms with Gasteiger partial charge < -0.3 is 23.4 Å². The Labute approximate surface area is 196 Å². The van der Waals surface area contributed by atoms with Gasteiger partial charge in [0, 0.05) is 6.20 Å². The van der Waals surface area contributed by atoms with Gasteiger partial charge in [0.1, 0.15) is 18.0 Å². The minimum absolute atomic E-state index is 0.0488. The number of alkyl halides is 2. The molecule has 0 aliphatic carbocycles. The normalized spacial score (nSPS) is 28.8. The predicted octanol–water partition coefficient (Wildman–Crippen LogP) is 4.31. The zero-order valence-electron chi connectivity index (χ0n) is 20.7. The lowest BCUT2D eigenvalue weighted by atomic mass is 10.1. The molecular weight excluding hydrogens is 468 g/mol. The maximum Gasteiger partial charge on any atom is 0.351 e. The topological polar surface area (TPSA) is 97.8 Å². The lowest BCUT2D eigenvalue weighted by Crippen LogP contribution is -2.66. The Bertz CT molecular complexity index is 896. The molecule has 0 saturated carbocycles. The Morgan fingerprint density at radius 3 is 2.09 bits per heavy atom. The first-order valence-electron chi connectivity index (χ1n) is 11.6. The lowest BCUT2D eigenvalue weighted by molar-refractivity contribution is -0.140. The van der Waals surface area contributed by atoms with E-state index < -0.39 is 47.2 Å². The second-order valence-electron chi connectivity index (χ2n) is 10.3. The predicted molar refractivity (Wildman–Crippen MR) is 126 cm³/mol.